The van der Waals surface area contributed by atoms with Gasteiger partial charge in [0, 0.05) is 12.8 Å². The summed E-state index contributed by atoms with van der Waals surface area (Å²) in [4.78, 5) is 37.5. The molecule has 56 heavy (non-hydrogen) atoms. The van der Waals surface area contributed by atoms with Gasteiger partial charge in [-0.25, -0.2) is 0 Å². The third-order valence-corrected chi connectivity index (χ3v) is 9.97. The zero-order valence-electron chi connectivity index (χ0n) is 36.3. The van der Waals surface area contributed by atoms with Crippen molar-refractivity contribution in [1.82, 2.24) is 0 Å². The van der Waals surface area contributed by atoms with Gasteiger partial charge in [0.15, 0.2) is 6.10 Å². The van der Waals surface area contributed by atoms with Crippen LogP contribution < -0.4 is 4.89 Å². The first kappa shape index (κ1) is 53.7. The smallest absolute Gasteiger partial charge is 0.306 e. The van der Waals surface area contributed by atoms with Crippen molar-refractivity contribution >= 4 is 19.8 Å². The molecule has 0 aliphatic carbocycles. The van der Waals surface area contributed by atoms with Gasteiger partial charge in [0.2, 0.25) is 0 Å². The van der Waals surface area contributed by atoms with Crippen molar-refractivity contribution in [2.24, 2.45) is 0 Å². The van der Waals surface area contributed by atoms with Crippen molar-refractivity contribution in [2.75, 3.05) is 47.5 Å². The molecule has 0 amide bonds. The summed E-state index contributed by atoms with van der Waals surface area (Å²) in [7, 11) is 1.13. The molecule has 0 aliphatic rings. The van der Waals surface area contributed by atoms with Crippen molar-refractivity contribution in [2.45, 2.75) is 174 Å². The number of likely N-dealkylation sites (N-methyl/N-ethyl adjacent to an activating group) is 1. The molecule has 0 fully saturated rings. The predicted octanol–water partition coefficient (Wildman–Crippen LogP) is 11.8. The van der Waals surface area contributed by atoms with Gasteiger partial charge < -0.3 is 27.9 Å². The third-order valence-electron chi connectivity index (χ3n) is 9.01. The van der Waals surface area contributed by atoms with Gasteiger partial charge >= 0.3 is 11.9 Å². The number of unbranched alkanes of at least 4 members (excludes halogenated alkanes) is 15. The quantitative estimate of drug-likeness (QED) is 0.0198. The first-order valence-electron chi connectivity index (χ1n) is 22.0. The van der Waals surface area contributed by atoms with Crippen LogP contribution in [0.3, 0.4) is 0 Å². The van der Waals surface area contributed by atoms with Crippen LogP contribution in [0.25, 0.3) is 0 Å². The average molecular weight is 808 g/mol. The van der Waals surface area contributed by atoms with Gasteiger partial charge in [-0.05, 0) is 83.5 Å². The Morgan fingerprint density at radius 1 is 0.554 bits per heavy atom. The first-order valence-corrected chi connectivity index (χ1v) is 23.5. The lowest BCUT2D eigenvalue weighted by atomic mass is 10.1. The van der Waals surface area contributed by atoms with Gasteiger partial charge in [0.05, 0.1) is 27.7 Å². The molecule has 0 spiro atoms. The highest BCUT2D eigenvalue weighted by molar-refractivity contribution is 7.45. The molecule has 0 N–H and O–H groups in total. The minimum Gasteiger partial charge on any atom is -0.756 e. The lowest BCUT2D eigenvalue weighted by Crippen LogP contribution is -2.37. The summed E-state index contributed by atoms with van der Waals surface area (Å²) in [5.74, 6) is -0.893. The number of ether oxygens (including phenoxy) is 2. The van der Waals surface area contributed by atoms with Crippen molar-refractivity contribution in [3.63, 3.8) is 0 Å². The number of allylic oxidation sites excluding steroid dienone is 10. The van der Waals surface area contributed by atoms with E-state index < -0.39 is 32.5 Å². The molecule has 0 saturated carbocycles. The van der Waals surface area contributed by atoms with Crippen LogP contribution in [0, 0.1) is 0 Å². The van der Waals surface area contributed by atoms with Gasteiger partial charge in [-0.15, -0.1) is 0 Å². The molecule has 2 atom stereocenters. The number of esters is 2. The molecule has 1 unspecified atom stereocenters. The summed E-state index contributed by atoms with van der Waals surface area (Å²) in [6.07, 6.45) is 45.3. The molecule has 324 valence electrons. The Labute approximate surface area is 343 Å². The number of rotatable bonds is 39. The largest absolute Gasteiger partial charge is 0.756 e. The Balaban J connectivity index is 4.45. The lowest BCUT2D eigenvalue weighted by molar-refractivity contribution is -0.870. The van der Waals surface area contributed by atoms with Crippen molar-refractivity contribution < 1.29 is 42.1 Å². The summed E-state index contributed by atoms with van der Waals surface area (Å²) < 4.78 is 33.8. The normalized spacial score (nSPS) is 14.2. The van der Waals surface area contributed by atoms with Crippen LogP contribution in [-0.4, -0.2) is 70.0 Å². The zero-order valence-corrected chi connectivity index (χ0v) is 37.2. The average Bonchev–Trinajstić information content (AvgIpc) is 3.15. The van der Waals surface area contributed by atoms with Crippen LogP contribution in [0.2, 0.25) is 0 Å². The van der Waals surface area contributed by atoms with Crippen LogP contribution >= 0.6 is 7.82 Å². The van der Waals surface area contributed by atoms with E-state index in [0.29, 0.717) is 23.9 Å². The van der Waals surface area contributed by atoms with Gasteiger partial charge in [0.25, 0.3) is 7.82 Å². The van der Waals surface area contributed by atoms with Crippen LogP contribution in [0.4, 0.5) is 0 Å². The SMILES string of the molecule is CCCCC/C=C/C/C=C/C/C=C/CCCCC(=O)OC[C@H](COP(=O)([O-])OCC[N+](C)(C)C)OC(=O)CCCCCCCCC/C=C/C/C=C/CCCCC. The minimum absolute atomic E-state index is 0.0410. The van der Waals surface area contributed by atoms with E-state index in [0.717, 1.165) is 64.2 Å². The molecular formula is C46H82NO8P. The number of nitrogens with zero attached hydrogens (tertiary/aromatic N) is 1. The molecule has 0 aliphatic heterocycles. The van der Waals surface area contributed by atoms with E-state index in [1.807, 2.05) is 21.1 Å². The number of phosphoric acid groups is 1. The summed E-state index contributed by atoms with van der Waals surface area (Å²) in [5, 5.41) is 0. The Morgan fingerprint density at radius 3 is 1.46 bits per heavy atom. The Hall–Kier alpha value is -2.29. The Kier molecular flexibility index (Phi) is 36.7. The fourth-order valence-electron chi connectivity index (χ4n) is 5.51. The van der Waals surface area contributed by atoms with E-state index in [-0.39, 0.29) is 26.1 Å². The number of quaternary nitrogens is 1. The monoisotopic (exact) mass is 808 g/mol. The Morgan fingerprint density at radius 2 is 0.964 bits per heavy atom. The lowest BCUT2D eigenvalue weighted by Gasteiger charge is -2.28. The van der Waals surface area contributed by atoms with Crippen molar-refractivity contribution in [1.29, 1.82) is 0 Å². The van der Waals surface area contributed by atoms with Gasteiger partial charge in [0.1, 0.15) is 19.8 Å². The maximum atomic E-state index is 12.7. The highest BCUT2D eigenvalue weighted by Crippen LogP contribution is 2.38. The standard InChI is InChI=1S/C46H82NO8P/c1-6-8-10-12-14-16-18-20-22-23-25-27-29-31-33-35-37-39-46(49)55-44(43-54-56(50,51)53-41-40-47(3,4)5)42-52-45(48)38-36-34-32-30-28-26-24-21-19-17-15-13-11-9-7-2/h14-17,20-22,24,28,30,44H,6-13,18-19,23,25-27,29,31-43H2,1-5H3/b16-14+,17-15+,22-20+,24-21+,30-28+/t44-/m1/s1. The molecule has 9 nitrogen and oxygen atoms in total. The number of carbonyl (C=O) groups excluding carboxylic acids is 2. The number of hydrogen-bond acceptors (Lipinski definition) is 8. The topological polar surface area (TPSA) is 111 Å². The number of hydrogen-bond donors (Lipinski definition) is 0. The van der Waals surface area contributed by atoms with Crippen LogP contribution in [0.15, 0.2) is 60.8 Å². The maximum absolute atomic E-state index is 12.7. The molecule has 0 aromatic carbocycles. The summed E-state index contributed by atoms with van der Waals surface area (Å²) in [6.45, 7) is 4.10. The van der Waals surface area contributed by atoms with E-state index >= 15 is 0 Å². The molecule has 0 aromatic rings. The molecule has 0 aromatic heterocycles. The predicted molar refractivity (Wildman–Crippen MR) is 231 cm³/mol. The van der Waals surface area contributed by atoms with Gasteiger partial charge in [-0.3, -0.25) is 14.2 Å². The van der Waals surface area contributed by atoms with Crippen LogP contribution in [0.1, 0.15) is 168 Å². The fourth-order valence-corrected chi connectivity index (χ4v) is 6.24. The molecular weight excluding hydrogens is 725 g/mol. The molecule has 0 bridgehead atoms. The zero-order chi connectivity index (χ0) is 41.4. The highest BCUT2D eigenvalue weighted by Gasteiger charge is 2.21. The Bertz CT molecular complexity index is 1140. The molecule has 10 heteroatoms. The molecule has 0 rings (SSSR count). The van der Waals surface area contributed by atoms with Crippen LogP contribution in [0.5, 0.6) is 0 Å². The van der Waals surface area contributed by atoms with Crippen molar-refractivity contribution in [3.05, 3.63) is 60.8 Å². The van der Waals surface area contributed by atoms with E-state index in [2.05, 4.69) is 74.6 Å². The van der Waals surface area contributed by atoms with Crippen molar-refractivity contribution in [3.8, 4) is 0 Å². The fraction of sp³-hybridized carbons (Fsp3) is 0.739. The molecule has 0 heterocycles. The number of carbonyl (C=O) groups is 2. The van der Waals surface area contributed by atoms with E-state index in [9.17, 15) is 19.0 Å². The first-order chi connectivity index (χ1) is 27.0. The summed E-state index contributed by atoms with van der Waals surface area (Å²) in [6, 6.07) is 0. The second-order valence-electron chi connectivity index (χ2n) is 15.7. The van der Waals surface area contributed by atoms with E-state index in [1.54, 1.807) is 0 Å². The van der Waals surface area contributed by atoms with E-state index in [1.165, 1.54) is 64.2 Å². The molecule has 0 radical (unpaired) electrons. The highest BCUT2D eigenvalue weighted by atomic mass is 31.2. The third kappa shape index (κ3) is 41.3. The second-order valence-corrected chi connectivity index (χ2v) is 17.1. The van der Waals surface area contributed by atoms with Gasteiger partial charge in [-0.1, -0.05) is 132 Å². The molecule has 0 saturated heterocycles. The minimum atomic E-state index is -4.64. The van der Waals surface area contributed by atoms with E-state index in [4.69, 9.17) is 18.5 Å². The van der Waals surface area contributed by atoms with Crippen LogP contribution in [-0.2, 0) is 32.7 Å². The number of phosphoric ester groups is 1. The summed E-state index contributed by atoms with van der Waals surface area (Å²) >= 11 is 0. The summed E-state index contributed by atoms with van der Waals surface area (Å²) in [5.41, 5.74) is 0. The maximum Gasteiger partial charge on any atom is 0.306 e. The second kappa shape index (κ2) is 38.2. The van der Waals surface area contributed by atoms with Gasteiger partial charge in [-0.2, -0.15) is 0 Å².